The van der Waals surface area contributed by atoms with Gasteiger partial charge >= 0.3 is 6.03 Å². The van der Waals surface area contributed by atoms with E-state index in [1.54, 1.807) is 0 Å². The zero-order valence-electron chi connectivity index (χ0n) is 18.1. The summed E-state index contributed by atoms with van der Waals surface area (Å²) in [5.74, 6) is 2.73. The molecular weight excluding hydrogens is 446 g/mol. The number of amides is 3. The minimum Gasteiger partial charge on any atom is -0.332 e. The molecule has 1 heterocycles. The number of nitrogens with one attached hydrogen (secondary N) is 2. The predicted octanol–water partition coefficient (Wildman–Crippen LogP) is 4.51. The molecule has 170 valence electrons. The lowest BCUT2D eigenvalue weighted by molar-refractivity contribution is -0.117. The summed E-state index contributed by atoms with van der Waals surface area (Å²) in [4.78, 5) is 25.1. The van der Waals surface area contributed by atoms with Gasteiger partial charge in [0.2, 0.25) is 5.91 Å². The topological polar surface area (TPSA) is 88.9 Å². The molecule has 0 unspecified atom stereocenters. The van der Waals surface area contributed by atoms with E-state index in [-0.39, 0.29) is 23.2 Å². The third kappa shape index (κ3) is 4.39. The standard InChI is InChI=1S/C23H28ClN5O2S/c1-2-29-20(17-3-5-18(24)6-4-17)27-28-22(29)32-13-19(30)25-21(31)26-23-10-14-7-15(11-23)9-16(8-14)12-23/h3-6,14-16H,2,7-13H2,1H3,(H2,25,26,30,31). The molecule has 0 atom stereocenters. The largest absolute Gasteiger partial charge is 0.332 e. The van der Waals surface area contributed by atoms with Crippen LogP contribution in [0.3, 0.4) is 0 Å². The Hall–Kier alpha value is -2.06. The van der Waals surface area contributed by atoms with E-state index in [0.29, 0.717) is 16.7 Å². The maximum atomic E-state index is 12.6. The average molecular weight is 474 g/mol. The summed E-state index contributed by atoms with van der Waals surface area (Å²) in [5, 5.41) is 15.5. The number of hydrogen-bond donors (Lipinski definition) is 2. The average Bonchev–Trinajstić information content (AvgIpc) is 3.14. The number of thioether (sulfide) groups is 1. The van der Waals surface area contributed by atoms with Gasteiger partial charge in [0.15, 0.2) is 11.0 Å². The SMILES string of the molecule is CCn1c(SCC(=O)NC(=O)NC23CC4CC(CC(C4)C2)C3)nnc1-c1ccc(Cl)cc1. The molecule has 4 saturated carbocycles. The molecule has 0 spiro atoms. The lowest BCUT2D eigenvalue weighted by Gasteiger charge is -2.56. The molecule has 2 N–H and O–H groups in total. The lowest BCUT2D eigenvalue weighted by Crippen LogP contribution is -2.61. The molecule has 2 aromatic rings. The Kier molecular flexibility index (Phi) is 5.92. The van der Waals surface area contributed by atoms with Crippen LogP contribution >= 0.6 is 23.4 Å². The first-order valence-corrected chi connectivity index (χ1v) is 12.7. The van der Waals surface area contributed by atoms with Crippen LogP contribution in [-0.4, -0.2) is 38.0 Å². The monoisotopic (exact) mass is 473 g/mol. The maximum Gasteiger partial charge on any atom is 0.321 e. The number of hydrogen-bond acceptors (Lipinski definition) is 5. The van der Waals surface area contributed by atoms with E-state index in [4.69, 9.17) is 11.6 Å². The second kappa shape index (κ2) is 8.71. The number of carbonyl (C=O) groups excluding carboxylic acids is 2. The van der Waals surface area contributed by atoms with Crippen LogP contribution < -0.4 is 10.6 Å². The summed E-state index contributed by atoms with van der Waals surface area (Å²) in [5.41, 5.74) is 0.803. The molecule has 4 aliphatic rings. The first kappa shape index (κ1) is 21.8. The van der Waals surface area contributed by atoms with E-state index in [9.17, 15) is 9.59 Å². The Morgan fingerprint density at radius 1 is 1.09 bits per heavy atom. The molecule has 4 aliphatic carbocycles. The van der Waals surface area contributed by atoms with E-state index in [2.05, 4.69) is 20.8 Å². The normalized spacial score (nSPS) is 28.0. The van der Waals surface area contributed by atoms with Crippen LogP contribution in [0.1, 0.15) is 45.4 Å². The van der Waals surface area contributed by atoms with E-state index < -0.39 is 0 Å². The minimum atomic E-state index is -0.364. The number of carbonyl (C=O) groups is 2. The van der Waals surface area contributed by atoms with Gasteiger partial charge in [0, 0.05) is 22.7 Å². The zero-order valence-corrected chi connectivity index (χ0v) is 19.7. The quantitative estimate of drug-likeness (QED) is 0.603. The van der Waals surface area contributed by atoms with Crippen molar-refractivity contribution in [3.8, 4) is 11.4 Å². The molecule has 0 aliphatic heterocycles. The Bertz CT molecular complexity index is 987. The summed E-state index contributed by atoms with van der Waals surface area (Å²) in [7, 11) is 0. The second-order valence-electron chi connectivity index (χ2n) is 9.55. The molecule has 6 rings (SSSR count). The summed E-state index contributed by atoms with van der Waals surface area (Å²) in [6.45, 7) is 2.67. The predicted molar refractivity (Wildman–Crippen MR) is 124 cm³/mol. The van der Waals surface area contributed by atoms with Gasteiger partial charge in [0.25, 0.3) is 0 Å². The molecule has 9 heteroatoms. The van der Waals surface area contributed by atoms with Crippen molar-refractivity contribution < 1.29 is 9.59 Å². The van der Waals surface area contributed by atoms with Crippen LogP contribution in [0.15, 0.2) is 29.4 Å². The first-order valence-electron chi connectivity index (χ1n) is 11.4. The first-order chi connectivity index (χ1) is 15.4. The van der Waals surface area contributed by atoms with E-state index in [0.717, 1.165) is 48.4 Å². The molecule has 3 amide bonds. The van der Waals surface area contributed by atoms with Gasteiger partial charge in [-0.2, -0.15) is 0 Å². The fourth-order valence-electron chi connectivity index (χ4n) is 6.32. The highest BCUT2D eigenvalue weighted by molar-refractivity contribution is 7.99. The number of urea groups is 1. The second-order valence-corrected chi connectivity index (χ2v) is 10.9. The Morgan fingerprint density at radius 2 is 1.72 bits per heavy atom. The van der Waals surface area contributed by atoms with Gasteiger partial charge in [-0.3, -0.25) is 10.1 Å². The van der Waals surface area contributed by atoms with Gasteiger partial charge in [-0.15, -0.1) is 10.2 Å². The number of halogens is 1. The van der Waals surface area contributed by atoms with Gasteiger partial charge in [-0.25, -0.2) is 4.79 Å². The summed E-state index contributed by atoms with van der Waals surface area (Å²) >= 11 is 7.26. The smallest absolute Gasteiger partial charge is 0.321 e. The molecule has 4 bridgehead atoms. The van der Waals surface area contributed by atoms with Crippen LogP contribution in [0.5, 0.6) is 0 Å². The molecule has 32 heavy (non-hydrogen) atoms. The molecule has 7 nitrogen and oxygen atoms in total. The van der Waals surface area contributed by atoms with Gasteiger partial charge in [-0.05, 0) is 87.5 Å². The van der Waals surface area contributed by atoms with Crippen molar-refractivity contribution in [2.75, 3.05) is 5.75 Å². The molecular formula is C23H28ClN5O2S. The highest BCUT2D eigenvalue weighted by Gasteiger charge is 2.51. The Labute approximate surface area is 197 Å². The van der Waals surface area contributed by atoms with Crippen molar-refractivity contribution >= 4 is 35.3 Å². The van der Waals surface area contributed by atoms with Gasteiger partial charge < -0.3 is 9.88 Å². The number of benzene rings is 1. The number of nitrogens with zero attached hydrogens (tertiary/aromatic N) is 3. The fourth-order valence-corrected chi connectivity index (χ4v) is 7.25. The molecule has 1 aromatic carbocycles. The van der Waals surface area contributed by atoms with Crippen LogP contribution in [0.2, 0.25) is 5.02 Å². The Balaban J connectivity index is 1.17. The van der Waals surface area contributed by atoms with E-state index in [1.165, 1.54) is 31.0 Å². The van der Waals surface area contributed by atoms with Crippen molar-refractivity contribution in [1.29, 1.82) is 0 Å². The third-order valence-electron chi connectivity index (χ3n) is 7.14. The van der Waals surface area contributed by atoms with Gasteiger partial charge in [0.1, 0.15) is 0 Å². The highest BCUT2D eigenvalue weighted by atomic mass is 35.5. The number of aromatic nitrogens is 3. The summed E-state index contributed by atoms with van der Waals surface area (Å²) in [6, 6.07) is 7.06. The van der Waals surface area contributed by atoms with Crippen LogP contribution in [0.25, 0.3) is 11.4 Å². The molecule has 1 aromatic heterocycles. The van der Waals surface area contributed by atoms with Crippen LogP contribution in [0.4, 0.5) is 4.79 Å². The zero-order chi connectivity index (χ0) is 22.3. The molecule has 4 fully saturated rings. The van der Waals surface area contributed by atoms with Gasteiger partial charge in [-0.1, -0.05) is 23.4 Å². The van der Waals surface area contributed by atoms with Crippen molar-refractivity contribution in [2.24, 2.45) is 17.8 Å². The minimum absolute atomic E-state index is 0.104. The van der Waals surface area contributed by atoms with Crippen molar-refractivity contribution in [3.05, 3.63) is 29.3 Å². The van der Waals surface area contributed by atoms with Gasteiger partial charge in [0.05, 0.1) is 5.75 Å². The Morgan fingerprint density at radius 3 is 2.31 bits per heavy atom. The number of imide groups is 1. The lowest BCUT2D eigenvalue weighted by atomic mass is 9.53. The fraction of sp³-hybridized carbons (Fsp3) is 0.565. The number of rotatable bonds is 6. The molecule has 0 saturated heterocycles. The molecule has 0 radical (unpaired) electrons. The highest BCUT2D eigenvalue weighted by Crippen LogP contribution is 2.55. The summed E-state index contributed by atoms with van der Waals surface area (Å²) < 4.78 is 1.96. The van der Waals surface area contributed by atoms with Crippen molar-refractivity contribution in [2.45, 2.75) is 62.7 Å². The van der Waals surface area contributed by atoms with E-state index in [1.807, 2.05) is 35.8 Å². The third-order valence-corrected chi connectivity index (χ3v) is 8.36. The summed E-state index contributed by atoms with van der Waals surface area (Å²) in [6.07, 6.45) is 7.12. The van der Waals surface area contributed by atoms with Crippen LogP contribution in [-0.2, 0) is 11.3 Å². The van der Waals surface area contributed by atoms with E-state index >= 15 is 0 Å². The van der Waals surface area contributed by atoms with Crippen LogP contribution in [0, 0.1) is 17.8 Å². The maximum absolute atomic E-state index is 12.6. The van der Waals surface area contributed by atoms with Crippen molar-refractivity contribution in [1.82, 2.24) is 25.4 Å². The van der Waals surface area contributed by atoms with Crippen molar-refractivity contribution in [3.63, 3.8) is 0 Å².